The second-order valence-corrected chi connectivity index (χ2v) is 17.0. The second kappa shape index (κ2) is 30.3. The molecule has 0 aromatic heterocycles. The van der Waals surface area contributed by atoms with Gasteiger partial charge in [0.05, 0.1) is 84.7 Å². The largest absolute Gasteiger partial charge is 0.377 e. The summed E-state index contributed by atoms with van der Waals surface area (Å²) in [6.45, 7) is 1.20. The van der Waals surface area contributed by atoms with Crippen LogP contribution >= 0.6 is 6.49 Å². The fourth-order valence-corrected chi connectivity index (χ4v) is 6.94. The molecule has 1 unspecified atom stereocenters. The molecule has 1 aromatic carbocycles. The first-order chi connectivity index (χ1) is 27.5. The highest BCUT2D eigenvalue weighted by atomic mass is 32.5. The normalized spacial score (nSPS) is 17.1. The van der Waals surface area contributed by atoms with Crippen LogP contribution in [0.4, 0.5) is 0 Å². The number of hydrogen-bond acceptors (Lipinski definition) is 16. The van der Waals surface area contributed by atoms with Crippen LogP contribution in [0.1, 0.15) is 43.7 Å². The van der Waals surface area contributed by atoms with E-state index in [4.69, 9.17) is 48.2 Å². The van der Waals surface area contributed by atoms with Gasteiger partial charge in [0, 0.05) is 38.3 Å². The first-order valence-electron chi connectivity index (χ1n) is 19.1. The van der Waals surface area contributed by atoms with Gasteiger partial charge >= 0.3 is 0 Å². The summed E-state index contributed by atoms with van der Waals surface area (Å²) in [5.74, 6) is 13.6. The number of benzene rings is 1. The van der Waals surface area contributed by atoms with Crippen molar-refractivity contribution in [2.75, 3.05) is 98.3 Å². The van der Waals surface area contributed by atoms with E-state index in [1.165, 1.54) is 4.90 Å². The number of ether oxygens (including phenoxy) is 3. The molecule has 0 spiro atoms. The summed E-state index contributed by atoms with van der Waals surface area (Å²) >= 11 is 5.16. The van der Waals surface area contributed by atoms with E-state index >= 15 is 0 Å². The fraction of sp³-hybridized carbons (Fsp3) is 0.714. The zero-order valence-electron chi connectivity index (χ0n) is 32.9. The quantitative estimate of drug-likeness (QED) is 0.0232. The molecule has 326 valence electrons. The molecule has 57 heavy (non-hydrogen) atoms. The number of nitrogens with zero attached hydrogens (tertiary/aromatic N) is 1. The summed E-state index contributed by atoms with van der Waals surface area (Å²) in [5.41, 5.74) is 1.61. The van der Waals surface area contributed by atoms with E-state index in [1.807, 2.05) is 31.2 Å². The maximum atomic E-state index is 13.8. The molecule has 0 saturated heterocycles. The average molecular weight is 851 g/mol. The zero-order valence-corrected chi connectivity index (χ0v) is 34.6. The molecule has 1 fully saturated rings. The van der Waals surface area contributed by atoms with E-state index in [0.717, 1.165) is 11.1 Å². The first kappa shape index (κ1) is 50.4. The Morgan fingerprint density at radius 2 is 1.21 bits per heavy atom. The second-order valence-electron chi connectivity index (χ2n) is 13.1. The van der Waals surface area contributed by atoms with Crippen LogP contribution in [-0.2, 0) is 77.2 Å². The SMILES string of the molecule is CCP(O)(=S)OC1CCC(C(=O)NCc2ccc(C[C@@H](C(=O)NCCOCCON)N(CC(=O)NCCOCCON)CC(=O)NCCOCCON)cc2)CC1. The third-order valence-corrected chi connectivity index (χ3v) is 11.3. The average Bonchev–Trinajstić information content (AvgIpc) is 3.20. The van der Waals surface area contributed by atoms with Gasteiger partial charge in [0.25, 0.3) is 0 Å². The predicted octanol–water partition coefficient (Wildman–Crippen LogP) is -1.52. The molecule has 2 atom stereocenters. The topological polar surface area (TPSA) is 283 Å². The van der Waals surface area contributed by atoms with Crippen LogP contribution in [0.3, 0.4) is 0 Å². The van der Waals surface area contributed by atoms with Crippen molar-refractivity contribution < 1.29 is 57.3 Å². The number of carbonyl (C=O) groups is 4. The Morgan fingerprint density at radius 3 is 1.68 bits per heavy atom. The van der Waals surface area contributed by atoms with Crippen molar-refractivity contribution in [1.82, 2.24) is 26.2 Å². The molecule has 1 aliphatic carbocycles. The minimum absolute atomic E-state index is 0.0489. The lowest BCUT2D eigenvalue weighted by Gasteiger charge is -2.30. The van der Waals surface area contributed by atoms with Crippen LogP contribution in [0.15, 0.2) is 24.3 Å². The van der Waals surface area contributed by atoms with Gasteiger partial charge in [0.1, 0.15) is 0 Å². The third-order valence-electron chi connectivity index (χ3n) is 8.83. The van der Waals surface area contributed by atoms with Crippen molar-refractivity contribution in [3.05, 3.63) is 35.4 Å². The Kier molecular flexibility index (Phi) is 26.8. The van der Waals surface area contributed by atoms with Crippen molar-refractivity contribution >= 4 is 41.9 Å². The lowest BCUT2D eigenvalue weighted by Crippen LogP contribution is -2.54. The lowest BCUT2D eigenvalue weighted by atomic mass is 9.87. The van der Waals surface area contributed by atoms with Crippen molar-refractivity contribution in [1.29, 1.82) is 0 Å². The molecule has 0 heterocycles. The summed E-state index contributed by atoms with van der Waals surface area (Å²) in [5, 5.41) is 11.4. The van der Waals surface area contributed by atoms with Crippen LogP contribution in [0.5, 0.6) is 0 Å². The molecule has 4 amide bonds. The van der Waals surface area contributed by atoms with Crippen LogP contribution in [0.2, 0.25) is 0 Å². The van der Waals surface area contributed by atoms with Crippen molar-refractivity contribution in [2.24, 2.45) is 23.6 Å². The minimum atomic E-state index is -2.76. The molecule has 0 radical (unpaired) electrons. The number of amides is 4. The molecule has 1 aliphatic rings. The molecule has 11 N–H and O–H groups in total. The number of carbonyl (C=O) groups excluding carboxylic acids is 4. The number of nitrogens with one attached hydrogen (secondary N) is 4. The highest BCUT2D eigenvalue weighted by molar-refractivity contribution is 8.09. The van der Waals surface area contributed by atoms with Gasteiger partial charge in [-0.3, -0.25) is 24.1 Å². The first-order valence-corrected chi connectivity index (χ1v) is 22.0. The van der Waals surface area contributed by atoms with E-state index in [2.05, 4.69) is 35.8 Å². The van der Waals surface area contributed by atoms with Gasteiger partial charge in [0.15, 0.2) is 6.49 Å². The molecular weight excluding hydrogens is 787 g/mol. The number of nitrogens with two attached hydrogens (primary N) is 3. The van der Waals surface area contributed by atoms with Gasteiger partial charge < -0.3 is 59.4 Å². The summed E-state index contributed by atoms with van der Waals surface area (Å²) < 4.78 is 21.9. The van der Waals surface area contributed by atoms with Crippen molar-refractivity contribution in [2.45, 2.75) is 57.7 Å². The van der Waals surface area contributed by atoms with E-state index in [1.54, 1.807) is 0 Å². The predicted molar refractivity (Wildman–Crippen MR) is 213 cm³/mol. The monoisotopic (exact) mass is 850 g/mol. The standard InChI is InChI=1S/C35H63N8O12PS/c1-2-56(48,57)55-30-9-7-29(8-10-30)34(46)42-24-28-5-3-27(4-6-28)23-31(35(47)41-13-16-51-19-22-54-38)43(25-32(44)39-11-14-49-17-20-52-36)26-33(45)40-12-15-50-18-21-53-37/h3-6,29-31H,2,7-26,36-38H2,1H3,(H,39,44)(H,40,45)(H,41,47)(H,42,46)(H,48,57)/t29?,30?,31-,56?/m0/s1. The third kappa shape index (κ3) is 22.9. The van der Waals surface area contributed by atoms with Gasteiger partial charge in [-0.2, -0.15) is 0 Å². The van der Waals surface area contributed by atoms with E-state index in [0.29, 0.717) is 38.4 Å². The van der Waals surface area contributed by atoms with Crippen molar-refractivity contribution in [3.63, 3.8) is 0 Å². The molecule has 20 nitrogen and oxygen atoms in total. The molecule has 1 saturated carbocycles. The number of hydrogen-bond donors (Lipinski definition) is 8. The van der Waals surface area contributed by atoms with E-state index in [9.17, 15) is 24.1 Å². The molecule has 1 aromatic rings. The van der Waals surface area contributed by atoms with Gasteiger partial charge in [-0.15, -0.1) is 0 Å². The summed E-state index contributed by atoms with van der Waals surface area (Å²) in [6.07, 6.45) is 3.06. The minimum Gasteiger partial charge on any atom is -0.377 e. The van der Waals surface area contributed by atoms with E-state index < -0.39 is 30.3 Å². The Labute approximate surface area is 339 Å². The van der Waals surface area contributed by atoms with Crippen LogP contribution in [0, 0.1) is 5.92 Å². The highest BCUT2D eigenvalue weighted by Gasteiger charge is 2.31. The number of rotatable bonds is 32. The molecule has 22 heteroatoms. The molecular formula is C35H63N8O12PS. The molecule has 2 rings (SSSR count). The Bertz CT molecular complexity index is 1320. The van der Waals surface area contributed by atoms with Crippen LogP contribution in [-0.4, -0.2) is 144 Å². The summed E-state index contributed by atoms with van der Waals surface area (Å²) in [7, 11) is 0. The fourth-order valence-electron chi connectivity index (χ4n) is 5.75. The van der Waals surface area contributed by atoms with Gasteiger partial charge in [-0.05, 0) is 55.0 Å². The maximum absolute atomic E-state index is 13.8. The maximum Gasteiger partial charge on any atom is 0.237 e. The van der Waals surface area contributed by atoms with Crippen LogP contribution < -0.4 is 39.0 Å². The summed E-state index contributed by atoms with van der Waals surface area (Å²) in [6, 6.07) is 6.45. The zero-order chi connectivity index (χ0) is 41.7. The Balaban J connectivity index is 2.13. The molecule has 0 bridgehead atoms. The van der Waals surface area contributed by atoms with Gasteiger partial charge in [-0.1, -0.05) is 31.2 Å². The Hall–Kier alpha value is -2.73. The smallest absolute Gasteiger partial charge is 0.237 e. The van der Waals surface area contributed by atoms with Gasteiger partial charge in [0.2, 0.25) is 23.6 Å². The van der Waals surface area contributed by atoms with Crippen LogP contribution in [0.25, 0.3) is 0 Å². The Morgan fingerprint density at radius 1 is 0.737 bits per heavy atom. The van der Waals surface area contributed by atoms with Crippen molar-refractivity contribution in [3.8, 4) is 0 Å². The van der Waals surface area contributed by atoms with E-state index in [-0.39, 0.29) is 117 Å². The summed E-state index contributed by atoms with van der Waals surface area (Å²) in [4.78, 5) is 78.2. The molecule has 0 aliphatic heterocycles. The lowest BCUT2D eigenvalue weighted by molar-refractivity contribution is -0.132. The highest BCUT2D eigenvalue weighted by Crippen LogP contribution is 2.45. The van der Waals surface area contributed by atoms with Gasteiger partial charge in [-0.25, -0.2) is 17.7 Å².